The van der Waals surface area contributed by atoms with E-state index in [1.54, 1.807) is 0 Å². The maximum Gasteiger partial charge on any atom is 0.421 e. The van der Waals surface area contributed by atoms with Crippen LogP contribution < -0.4 is 9.84 Å². The van der Waals surface area contributed by atoms with Crippen LogP contribution in [-0.4, -0.2) is 42.8 Å². The molecule has 1 aliphatic heterocycles. The molecule has 2 atom stereocenters. The number of nitrogens with zero attached hydrogens (tertiary/aromatic N) is 1. The van der Waals surface area contributed by atoms with E-state index >= 15 is 0 Å². The third-order valence-electron chi connectivity index (χ3n) is 3.52. The fourth-order valence-corrected chi connectivity index (χ4v) is 3.07. The molecule has 1 aliphatic rings. The first kappa shape index (κ1) is 18.4. The van der Waals surface area contributed by atoms with Crippen molar-refractivity contribution in [1.82, 2.24) is 4.90 Å². The molecule has 2 rings (SSSR count). The summed E-state index contributed by atoms with van der Waals surface area (Å²) in [5.41, 5.74) is -1.01. The van der Waals surface area contributed by atoms with Crippen LogP contribution in [0, 0.1) is 0 Å². The molecule has 10 heteroatoms. The number of carbonyl (C=O) groups excluding carboxylic acids is 2. The lowest BCUT2D eigenvalue weighted by atomic mass is 10.1. The number of benzene rings is 1. The van der Waals surface area contributed by atoms with Crippen molar-refractivity contribution in [1.29, 1.82) is 0 Å². The van der Waals surface area contributed by atoms with Gasteiger partial charge in [0.25, 0.3) is 0 Å². The summed E-state index contributed by atoms with van der Waals surface area (Å²) in [4.78, 5) is 23.4. The third kappa shape index (κ3) is 3.74. The zero-order valence-electron chi connectivity index (χ0n) is 12.3. The van der Waals surface area contributed by atoms with Gasteiger partial charge in [-0.25, -0.2) is 4.79 Å². The smallest absolute Gasteiger partial charge is 0.421 e. The first-order chi connectivity index (χ1) is 11.1. The van der Waals surface area contributed by atoms with E-state index in [0.717, 1.165) is 13.2 Å². The molecule has 0 spiro atoms. The molecule has 1 saturated heterocycles. The molecule has 0 aromatic heterocycles. The van der Waals surface area contributed by atoms with Crippen molar-refractivity contribution in [3.63, 3.8) is 0 Å². The van der Waals surface area contributed by atoms with Gasteiger partial charge in [0.05, 0.1) is 13.7 Å². The maximum atomic E-state index is 13.1. The second-order valence-corrected chi connectivity index (χ2v) is 5.90. The number of esters is 1. The van der Waals surface area contributed by atoms with Gasteiger partial charge >= 0.3 is 12.1 Å². The van der Waals surface area contributed by atoms with Gasteiger partial charge in [0.15, 0.2) is 0 Å². The molecular weight excluding hydrogens is 399 g/mol. The highest BCUT2D eigenvalue weighted by molar-refractivity contribution is 9.10. The number of amides is 1. The monoisotopic (exact) mass is 410 g/mol. The van der Waals surface area contributed by atoms with Gasteiger partial charge in [-0.1, -0.05) is 22.0 Å². The minimum absolute atomic E-state index is 0.134. The van der Waals surface area contributed by atoms with Gasteiger partial charge in [-0.3, -0.25) is 0 Å². The summed E-state index contributed by atoms with van der Waals surface area (Å²) in [6.45, 7) is -0.300. The van der Waals surface area contributed by atoms with Crippen LogP contribution >= 0.6 is 15.9 Å². The van der Waals surface area contributed by atoms with Crippen LogP contribution in [0.4, 0.5) is 18.0 Å². The molecule has 0 radical (unpaired) electrons. The largest absolute Gasteiger partial charge is 0.530 e. The van der Waals surface area contributed by atoms with Gasteiger partial charge in [-0.15, -0.1) is 0 Å². The Kier molecular flexibility index (Phi) is 5.26. The molecule has 6 nitrogen and oxygen atoms in total. The first-order valence-corrected chi connectivity index (χ1v) is 7.52. The third-order valence-corrected chi connectivity index (χ3v) is 4.18. The molecule has 0 aliphatic carbocycles. The predicted octanol–water partition coefficient (Wildman–Crippen LogP) is 1.81. The number of rotatable bonds is 3. The van der Waals surface area contributed by atoms with E-state index in [9.17, 15) is 27.9 Å². The maximum absolute atomic E-state index is 13.1. The lowest BCUT2D eigenvalue weighted by Gasteiger charge is -2.24. The van der Waals surface area contributed by atoms with Crippen molar-refractivity contribution in [2.75, 3.05) is 13.7 Å². The van der Waals surface area contributed by atoms with Gasteiger partial charge in [-0.05, 0) is 12.1 Å². The molecule has 132 valence electrons. The molecule has 0 unspecified atom stereocenters. The first-order valence-electron chi connectivity index (χ1n) is 6.73. The number of methoxy groups -OCH3 is 1. The van der Waals surface area contributed by atoms with Crippen LogP contribution in [0.2, 0.25) is 0 Å². The summed E-state index contributed by atoms with van der Waals surface area (Å²) in [6.07, 6.45) is -7.36. The van der Waals surface area contributed by atoms with Crippen molar-refractivity contribution in [2.24, 2.45) is 0 Å². The summed E-state index contributed by atoms with van der Waals surface area (Å²) in [5, 5.41) is 11.1. The van der Waals surface area contributed by atoms with Crippen LogP contribution in [0.3, 0.4) is 0 Å². The lowest BCUT2D eigenvalue weighted by molar-refractivity contribution is -0.266. The van der Waals surface area contributed by atoms with E-state index in [1.165, 1.54) is 12.1 Å². The van der Waals surface area contributed by atoms with Crippen LogP contribution in [0.15, 0.2) is 22.7 Å². The lowest BCUT2D eigenvalue weighted by Crippen LogP contribution is -2.47. The fourth-order valence-electron chi connectivity index (χ4n) is 2.50. The summed E-state index contributed by atoms with van der Waals surface area (Å²) in [6, 6.07) is 2.53. The van der Waals surface area contributed by atoms with Crippen molar-refractivity contribution < 1.29 is 37.3 Å². The molecule has 0 saturated carbocycles. The molecule has 0 bridgehead atoms. The van der Waals surface area contributed by atoms with E-state index < -0.39 is 41.7 Å². The average Bonchev–Trinajstić information content (AvgIpc) is 2.89. The molecule has 1 aromatic rings. The Morgan fingerprint density at radius 2 is 2.04 bits per heavy atom. The SMILES string of the molecule is COC(=O)[C@@H]1C[C@H](Oc2cccc(Br)c2C(F)(F)F)CN1C(=O)[O-]. The Balaban J connectivity index is 2.26. The Morgan fingerprint density at radius 1 is 1.38 bits per heavy atom. The van der Waals surface area contributed by atoms with Crippen molar-refractivity contribution in [3.05, 3.63) is 28.2 Å². The van der Waals surface area contributed by atoms with Crippen molar-refractivity contribution in [3.8, 4) is 5.75 Å². The zero-order chi connectivity index (χ0) is 18.1. The molecule has 1 aromatic carbocycles. The highest BCUT2D eigenvalue weighted by Gasteiger charge is 2.41. The summed E-state index contributed by atoms with van der Waals surface area (Å²) in [7, 11) is 1.08. The van der Waals surface area contributed by atoms with Crippen LogP contribution in [0.25, 0.3) is 0 Å². The number of hydrogen-bond acceptors (Lipinski definition) is 5. The molecule has 24 heavy (non-hydrogen) atoms. The number of carbonyl (C=O) groups is 2. The number of hydrogen-bond donors (Lipinski definition) is 0. The highest BCUT2D eigenvalue weighted by Crippen LogP contribution is 2.41. The van der Waals surface area contributed by atoms with Gasteiger partial charge < -0.3 is 24.3 Å². The van der Waals surface area contributed by atoms with E-state index in [2.05, 4.69) is 20.7 Å². The van der Waals surface area contributed by atoms with Crippen molar-refractivity contribution >= 4 is 28.0 Å². The van der Waals surface area contributed by atoms with Crippen molar-refractivity contribution in [2.45, 2.75) is 24.7 Å². The number of carboxylic acid groups (broad SMARTS) is 1. The van der Waals surface area contributed by atoms with Crippen LogP contribution in [0.5, 0.6) is 5.75 Å². The Bertz CT molecular complexity index is 652. The normalized spacial score (nSPS) is 20.8. The zero-order valence-corrected chi connectivity index (χ0v) is 13.9. The summed E-state index contributed by atoms with van der Waals surface area (Å²) in [5.74, 6) is -1.28. The summed E-state index contributed by atoms with van der Waals surface area (Å²) < 4.78 is 49.1. The van der Waals surface area contributed by atoms with Crippen LogP contribution in [0.1, 0.15) is 12.0 Å². The van der Waals surface area contributed by atoms with Gasteiger partial charge in [0.2, 0.25) is 0 Å². The van der Waals surface area contributed by atoms with E-state index in [4.69, 9.17) is 4.74 Å². The predicted molar refractivity (Wildman–Crippen MR) is 76.1 cm³/mol. The fraction of sp³-hybridized carbons (Fsp3) is 0.429. The number of halogens is 4. The molecule has 1 heterocycles. The number of alkyl halides is 3. The van der Waals surface area contributed by atoms with Crippen LogP contribution in [-0.2, 0) is 15.7 Å². The van der Waals surface area contributed by atoms with E-state index in [-0.39, 0.29) is 17.4 Å². The summed E-state index contributed by atoms with van der Waals surface area (Å²) >= 11 is 2.83. The van der Waals surface area contributed by atoms with Gasteiger partial charge in [0, 0.05) is 10.9 Å². The second kappa shape index (κ2) is 6.88. The Morgan fingerprint density at radius 3 is 2.58 bits per heavy atom. The Labute approximate surface area is 143 Å². The molecule has 1 amide bonds. The van der Waals surface area contributed by atoms with Gasteiger partial charge in [-0.2, -0.15) is 13.2 Å². The number of ether oxygens (including phenoxy) is 2. The minimum atomic E-state index is -4.66. The van der Waals surface area contributed by atoms with E-state index in [0.29, 0.717) is 4.90 Å². The second-order valence-electron chi connectivity index (χ2n) is 5.04. The highest BCUT2D eigenvalue weighted by atomic mass is 79.9. The number of likely N-dealkylation sites (tertiary alicyclic amines) is 1. The minimum Gasteiger partial charge on any atom is -0.530 e. The molecular formula is C14H12BrF3NO5-. The van der Waals surface area contributed by atoms with Gasteiger partial charge in [0.1, 0.15) is 29.6 Å². The Hall–Kier alpha value is -1.97. The topological polar surface area (TPSA) is 78.9 Å². The average molecular weight is 411 g/mol. The quantitative estimate of drug-likeness (QED) is 0.710. The molecule has 0 N–H and O–H groups in total. The van der Waals surface area contributed by atoms with E-state index in [1.807, 2.05) is 0 Å². The standard InChI is InChI=1S/C14H13BrF3NO5/c1-23-12(20)9-5-7(6-19(9)13(21)22)24-10-4-2-3-8(15)11(10)14(16,17)18/h2-4,7,9H,5-6H2,1H3,(H,21,22)/p-1/t7-,9-/m0/s1. The molecule has 1 fully saturated rings.